The number of nitriles is 1. The SMILES string of the molecule is CC(NC(=O)C1CCCN(C(=O)c2ccc(Cl)cc2)C1)c1ccc(C#N)cc1. The molecule has 0 aromatic heterocycles. The Hall–Kier alpha value is -2.84. The van der Waals surface area contributed by atoms with Gasteiger partial charge in [0, 0.05) is 23.7 Å². The van der Waals surface area contributed by atoms with Gasteiger partial charge in [0.05, 0.1) is 23.6 Å². The summed E-state index contributed by atoms with van der Waals surface area (Å²) in [4.78, 5) is 27.2. The van der Waals surface area contributed by atoms with Gasteiger partial charge in [0.2, 0.25) is 5.91 Å². The van der Waals surface area contributed by atoms with Gasteiger partial charge in [-0.15, -0.1) is 0 Å². The maximum Gasteiger partial charge on any atom is 0.253 e. The second-order valence-corrected chi connectivity index (χ2v) is 7.50. The predicted octanol–water partition coefficient (Wildman–Crippen LogP) is 3.94. The molecule has 2 amide bonds. The van der Waals surface area contributed by atoms with Gasteiger partial charge < -0.3 is 10.2 Å². The molecule has 1 aliphatic rings. The van der Waals surface area contributed by atoms with E-state index in [0.717, 1.165) is 18.4 Å². The van der Waals surface area contributed by atoms with Gasteiger partial charge in [0.25, 0.3) is 5.91 Å². The van der Waals surface area contributed by atoms with Crippen molar-refractivity contribution in [3.8, 4) is 6.07 Å². The van der Waals surface area contributed by atoms with E-state index in [1.807, 2.05) is 19.1 Å². The molecule has 2 aromatic carbocycles. The van der Waals surface area contributed by atoms with Crippen LogP contribution in [0.15, 0.2) is 48.5 Å². The van der Waals surface area contributed by atoms with Crippen LogP contribution in [0.3, 0.4) is 0 Å². The van der Waals surface area contributed by atoms with Gasteiger partial charge in [-0.2, -0.15) is 5.26 Å². The highest BCUT2D eigenvalue weighted by Crippen LogP contribution is 2.21. The number of carbonyl (C=O) groups is 2. The Morgan fingerprint density at radius 2 is 1.86 bits per heavy atom. The van der Waals surface area contributed by atoms with Gasteiger partial charge in [0.15, 0.2) is 0 Å². The maximum absolute atomic E-state index is 12.7. The quantitative estimate of drug-likeness (QED) is 0.852. The number of amides is 2. The molecule has 144 valence electrons. The van der Waals surface area contributed by atoms with E-state index < -0.39 is 0 Å². The first kappa shape index (κ1) is 19.9. The molecule has 2 unspecified atom stereocenters. The minimum absolute atomic E-state index is 0.0505. The summed E-state index contributed by atoms with van der Waals surface area (Å²) in [5.41, 5.74) is 2.11. The Labute approximate surface area is 169 Å². The van der Waals surface area contributed by atoms with E-state index in [9.17, 15) is 9.59 Å². The van der Waals surface area contributed by atoms with Crippen LogP contribution in [0.2, 0.25) is 5.02 Å². The van der Waals surface area contributed by atoms with E-state index >= 15 is 0 Å². The van der Waals surface area contributed by atoms with Crippen molar-refractivity contribution in [1.82, 2.24) is 10.2 Å². The fourth-order valence-electron chi connectivity index (χ4n) is 3.41. The Morgan fingerprint density at radius 1 is 1.18 bits per heavy atom. The fourth-order valence-corrected chi connectivity index (χ4v) is 3.54. The largest absolute Gasteiger partial charge is 0.349 e. The van der Waals surface area contributed by atoms with Gasteiger partial charge in [0.1, 0.15) is 0 Å². The van der Waals surface area contributed by atoms with E-state index in [-0.39, 0.29) is 23.8 Å². The van der Waals surface area contributed by atoms with Crippen LogP contribution in [-0.4, -0.2) is 29.8 Å². The van der Waals surface area contributed by atoms with Crippen LogP contribution in [0.5, 0.6) is 0 Å². The number of piperidine rings is 1. The maximum atomic E-state index is 12.7. The van der Waals surface area contributed by atoms with Crippen LogP contribution >= 0.6 is 11.6 Å². The molecule has 0 spiro atoms. The summed E-state index contributed by atoms with van der Waals surface area (Å²) in [6.45, 7) is 2.97. The molecule has 0 aliphatic carbocycles. The van der Waals surface area contributed by atoms with E-state index in [0.29, 0.717) is 29.2 Å². The van der Waals surface area contributed by atoms with Crippen molar-refractivity contribution >= 4 is 23.4 Å². The summed E-state index contributed by atoms with van der Waals surface area (Å²) >= 11 is 5.89. The Kier molecular flexibility index (Phi) is 6.33. The summed E-state index contributed by atoms with van der Waals surface area (Å²) in [6.07, 6.45) is 1.55. The summed E-state index contributed by atoms with van der Waals surface area (Å²) in [5, 5.41) is 12.5. The monoisotopic (exact) mass is 395 g/mol. The Balaban J connectivity index is 1.61. The minimum Gasteiger partial charge on any atom is -0.349 e. The number of halogens is 1. The second kappa shape index (κ2) is 8.90. The van der Waals surface area contributed by atoms with E-state index in [1.54, 1.807) is 41.3 Å². The average Bonchev–Trinajstić information content (AvgIpc) is 2.74. The van der Waals surface area contributed by atoms with E-state index in [2.05, 4.69) is 11.4 Å². The zero-order valence-corrected chi connectivity index (χ0v) is 16.4. The summed E-state index contributed by atoms with van der Waals surface area (Å²) in [5.74, 6) is -0.356. The van der Waals surface area contributed by atoms with Crippen LogP contribution in [-0.2, 0) is 4.79 Å². The molecule has 3 rings (SSSR count). The molecule has 1 saturated heterocycles. The number of carbonyl (C=O) groups excluding carboxylic acids is 2. The Morgan fingerprint density at radius 3 is 2.50 bits per heavy atom. The smallest absolute Gasteiger partial charge is 0.253 e. The molecular weight excluding hydrogens is 374 g/mol. The number of nitrogens with zero attached hydrogens (tertiary/aromatic N) is 2. The highest BCUT2D eigenvalue weighted by atomic mass is 35.5. The lowest BCUT2D eigenvalue weighted by atomic mass is 9.95. The molecule has 0 radical (unpaired) electrons. The van der Waals surface area contributed by atoms with Crippen LogP contribution in [0.1, 0.15) is 47.3 Å². The number of nitrogens with one attached hydrogen (secondary N) is 1. The molecule has 0 saturated carbocycles. The fraction of sp³-hybridized carbons (Fsp3) is 0.318. The zero-order valence-electron chi connectivity index (χ0n) is 15.7. The minimum atomic E-state index is -0.231. The van der Waals surface area contributed by atoms with Crippen molar-refractivity contribution in [3.05, 3.63) is 70.2 Å². The van der Waals surface area contributed by atoms with Crippen LogP contribution in [0.25, 0.3) is 0 Å². The summed E-state index contributed by atoms with van der Waals surface area (Å²) in [6, 6.07) is 15.9. The highest BCUT2D eigenvalue weighted by molar-refractivity contribution is 6.30. The molecule has 1 fully saturated rings. The van der Waals surface area contributed by atoms with E-state index in [4.69, 9.17) is 16.9 Å². The molecule has 6 heteroatoms. The van der Waals surface area contributed by atoms with Crippen molar-refractivity contribution in [3.63, 3.8) is 0 Å². The third-order valence-corrected chi connectivity index (χ3v) is 5.32. The van der Waals surface area contributed by atoms with Crippen LogP contribution in [0, 0.1) is 17.2 Å². The van der Waals surface area contributed by atoms with Crippen molar-refractivity contribution in [2.45, 2.75) is 25.8 Å². The molecule has 1 heterocycles. The molecule has 5 nitrogen and oxygen atoms in total. The number of hydrogen-bond acceptors (Lipinski definition) is 3. The molecule has 1 N–H and O–H groups in total. The topological polar surface area (TPSA) is 73.2 Å². The number of rotatable bonds is 4. The van der Waals surface area contributed by atoms with Gasteiger partial charge >= 0.3 is 0 Å². The number of benzene rings is 2. The summed E-state index contributed by atoms with van der Waals surface area (Å²) in [7, 11) is 0. The zero-order chi connectivity index (χ0) is 20.1. The van der Waals surface area contributed by atoms with Crippen molar-refractivity contribution < 1.29 is 9.59 Å². The van der Waals surface area contributed by atoms with Crippen molar-refractivity contribution in [1.29, 1.82) is 5.26 Å². The second-order valence-electron chi connectivity index (χ2n) is 7.06. The molecule has 0 bridgehead atoms. The average molecular weight is 396 g/mol. The molecule has 28 heavy (non-hydrogen) atoms. The molecular formula is C22H22ClN3O2. The third kappa shape index (κ3) is 4.71. The third-order valence-electron chi connectivity index (χ3n) is 5.07. The molecule has 2 atom stereocenters. The highest BCUT2D eigenvalue weighted by Gasteiger charge is 2.29. The number of hydrogen-bond donors (Lipinski definition) is 1. The van der Waals surface area contributed by atoms with Crippen molar-refractivity contribution in [2.75, 3.05) is 13.1 Å². The van der Waals surface area contributed by atoms with Gasteiger partial charge in [-0.1, -0.05) is 23.7 Å². The Bertz CT molecular complexity index is 887. The molecule has 2 aromatic rings. The van der Waals surface area contributed by atoms with Crippen LogP contribution in [0.4, 0.5) is 0 Å². The summed E-state index contributed by atoms with van der Waals surface area (Å²) < 4.78 is 0. The first-order chi connectivity index (χ1) is 13.5. The lowest BCUT2D eigenvalue weighted by Crippen LogP contribution is -2.45. The van der Waals surface area contributed by atoms with Gasteiger partial charge in [-0.25, -0.2) is 0 Å². The molecule has 1 aliphatic heterocycles. The normalized spacial score (nSPS) is 17.5. The first-order valence-electron chi connectivity index (χ1n) is 9.33. The lowest BCUT2D eigenvalue weighted by molar-refractivity contribution is -0.127. The lowest BCUT2D eigenvalue weighted by Gasteiger charge is -2.32. The van der Waals surface area contributed by atoms with Crippen LogP contribution < -0.4 is 5.32 Å². The van der Waals surface area contributed by atoms with Crippen molar-refractivity contribution in [2.24, 2.45) is 5.92 Å². The van der Waals surface area contributed by atoms with E-state index in [1.165, 1.54) is 0 Å². The first-order valence-corrected chi connectivity index (χ1v) is 9.71. The standard InChI is InChI=1S/C22H22ClN3O2/c1-15(17-6-4-16(13-24)5-7-17)25-21(27)19-3-2-12-26(14-19)22(28)18-8-10-20(23)11-9-18/h4-11,15,19H,2-3,12,14H2,1H3,(H,25,27). The number of likely N-dealkylation sites (tertiary alicyclic amines) is 1. The van der Waals surface area contributed by atoms with Gasteiger partial charge in [-0.05, 0) is 61.7 Å². The predicted molar refractivity (Wildman–Crippen MR) is 108 cm³/mol. The van der Waals surface area contributed by atoms with Gasteiger partial charge in [-0.3, -0.25) is 9.59 Å².